The summed E-state index contributed by atoms with van der Waals surface area (Å²) < 4.78 is 21.2. The van der Waals surface area contributed by atoms with E-state index in [2.05, 4.69) is 78.3 Å². The number of methoxy groups -OCH3 is 1. The highest BCUT2D eigenvalue weighted by atomic mass is 32.1. The number of rotatable bonds is 10. The molecule has 2 aliphatic rings. The van der Waals surface area contributed by atoms with Crippen LogP contribution in [0.1, 0.15) is 40.5 Å². The number of ether oxygens (including phenoxy) is 1. The van der Waals surface area contributed by atoms with Crippen LogP contribution < -0.4 is 25.6 Å². The fraction of sp³-hybridized carbons (Fsp3) is 0.486. The second kappa shape index (κ2) is 13.9. The van der Waals surface area contributed by atoms with Gasteiger partial charge in [0, 0.05) is 73.7 Å². The van der Waals surface area contributed by atoms with Gasteiger partial charge < -0.3 is 29.7 Å². The van der Waals surface area contributed by atoms with Gasteiger partial charge in [-0.2, -0.15) is 4.98 Å². The van der Waals surface area contributed by atoms with Crippen LogP contribution in [0.4, 0.5) is 28.8 Å². The summed E-state index contributed by atoms with van der Waals surface area (Å²) in [5.41, 5.74) is 3.70. The van der Waals surface area contributed by atoms with Gasteiger partial charge in [-0.1, -0.05) is 39.8 Å². The lowest BCUT2D eigenvalue weighted by Gasteiger charge is -2.42. The second-order valence-electron chi connectivity index (χ2n) is 13.1. The van der Waals surface area contributed by atoms with Crippen molar-refractivity contribution >= 4 is 62.8 Å². The van der Waals surface area contributed by atoms with E-state index in [0.717, 1.165) is 58.8 Å². The van der Waals surface area contributed by atoms with Gasteiger partial charge in [0.25, 0.3) is 0 Å². The lowest BCUT2D eigenvalue weighted by molar-refractivity contribution is 0.0982. The Labute approximate surface area is 277 Å². The molecule has 0 saturated carbocycles. The van der Waals surface area contributed by atoms with E-state index in [1.807, 2.05) is 35.7 Å². The first kappa shape index (κ1) is 32.8. The van der Waals surface area contributed by atoms with E-state index < -0.39 is 7.14 Å². The van der Waals surface area contributed by atoms with Gasteiger partial charge in [-0.15, -0.1) is 11.3 Å². The number of benzene rings is 2. The first-order valence-electron chi connectivity index (χ1n) is 16.5. The molecule has 2 aromatic carbocycles. The summed E-state index contributed by atoms with van der Waals surface area (Å²) in [5, 5.41) is 9.87. The van der Waals surface area contributed by atoms with Gasteiger partial charge in [-0.3, -0.25) is 4.90 Å². The first-order chi connectivity index (χ1) is 22.2. The Bertz CT molecular complexity index is 1680. The topological polar surface area (TPSA) is 85.9 Å². The molecule has 4 aromatic rings. The monoisotopic (exact) mass is 661 g/mol. The number of para-hydroxylation sites is 1. The minimum absolute atomic E-state index is 0.0265. The molecule has 2 fully saturated rings. The SMILES string of the molecule is COc1cc(N2CCC(N3CCN(C)CC3)CC2)ccc1Nc1nc(Nc2ccccc2P(=O)(C(C)C)C(C)C)c2sccc2n1. The van der Waals surface area contributed by atoms with Crippen LogP contribution in [0, 0.1) is 0 Å². The Morgan fingerprint density at radius 3 is 2.30 bits per heavy atom. The Morgan fingerprint density at radius 2 is 1.61 bits per heavy atom. The molecule has 2 aliphatic heterocycles. The summed E-state index contributed by atoms with van der Waals surface area (Å²) in [5.74, 6) is 1.91. The largest absolute Gasteiger partial charge is 0.494 e. The van der Waals surface area contributed by atoms with E-state index in [4.69, 9.17) is 14.7 Å². The molecule has 2 saturated heterocycles. The molecule has 9 nitrogen and oxygen atoms in total. The summed E-state index contributed by atoms with van der Waals surface area (Å²) in [6.07, 6.45) is 2.37. The van der Waals surface area contributed by atoms with Gasteiger partial charge in [0.15, 0.2) is 5.82 Å². The Morgan fingerprint density at radius 1 is 0.891 bits per heavy atom. The molecule has 0 spiro atoms. The van der Waals surface area contributed by atoms with Crippen molar-refractivity contribution in [2.75, 3.05) is 69.0 Å². The summed E-state index contributed by atoms with van der Waals surface area (Å²) in [6, 6.07) is 17.0. The normalized spacial score (nSPS) is 17.3. The summed E-state index contributed by atoms with van der Waals surface area (Å²) in [7, 11) is 1.24. The molecule has 0 atom stereocenters. The number of hydrogen-bond acceptors (Lipinski definition) is 10. The van der Waals surface area contributed by atoms with Crippen molar-refractivity contribution in [3.05, 3.63) is 53.9 Å². The highest BCUT2D eigenvalue weighted by Gasteiger charge is 2.34. The lowest BCUT2D eigenvalue weighted by atomic mass is 10.0. The fourth-order valence-electron chi connectivity index (χ4n) is 6.95. The molecule has 11 heteroatoms. The van der Waals surface area contributed by atoms with Crippen molar-refractivity contribution in [3.8, 4) is 5.75 Å². The van der Waals surface area contributed by atoms with Gasteiger partial charge in [-0.25, -0.2) is 4.98 Å². The molecule has 246 valence electrons. The molecule has 6 rings (SSSR count). The van der Waals surface area contributed by atoms with Crippen molar-refractivity contribution in [3.63, 3.8) is 0 Å². The molecule has 2 N–H and O–H groups in total. The molecule has 4 heterocycles. The third kappa shape index (κ3) is 6.63. The van der Waals surface area contributed by atoms with Gasteiger partial charge in [-0.05, 0) is 55.6 Å². The highest BCUT2D eigenvalue weighted by Crippen LogP contribution is 2.55. The maximum absolute atomic E-state index is 14.4. The Hall–Kier alpha value is -3.17. The molecule has 2 aromatic heterocycles. The number of anilines is 5. The van der Waals surface area contributed by atoms with E-state index in [1.165, 1.54) is 31.6 Å². The van der Waals surface area contributed by atoms with Crippen molar-refractivity contribution in [1.82, 2.24) is 19.8 Å². The van der Waals surface area contributed by atoms with E-state index in [-0.39, 0.29) is 11.3 Å². The molecule has 46 heavy (non-hydrogen) atoms. The molecular formula is C35H48N7O2PS. The number of hydrogen-bond donors (Lipinski definition) is 2. The zero-order valence-corrected chi connectivity index (χ0v) is 29.7. The maximum atomic E-state index is 14.4. The van der Waals surface area contributed by atoms with E-state index in [1.54, 1.807) is 18.4 Å². The van der Waals surface area contributed by atoms with Crippen molar-refractivity contribution in [2.24, 2.45) is 0 Å². The quantitative estimate of drug-likeness (QED) is 0.171. The smallest absolute Gasteiger partial charge is 0.229 e. The molecule has 0 amide bonds. The highest BCUT2D eigenvalue weighted by molar-refractivity contribution is 7.73. The summed E-state index contributed by atoms with van der Waals surface area (Å²) in [6.45, 7) is 15.0. The number of piperidine rings is 1. The summed E-state index contributed by atoms with van der Waals surface area (Å²) >= 11 is 1.59. The molecule has 0 radical (unpaired) electrons. The lowest BCUT2D eigenvalue weighted by Crippen LogP contribution is -2.52. The standard InChI is InChI=1S/C35H48N7O2PS/c1-24(2)45(43,25(3)4)32-10-8-7-9-29(32)36-34-33-30(15-22-46-33)38-35(39-34)37-28-12-11-27(23-31(28)44-6)41-16-13-26(14-17-41)42-20-18-40(5)19-21-42/h7-12,15,22-26H,13-14,16-21H2,1-6H3,(H2,36,37,38,39). The van der Waals surface area contributed by atoms with Crippen LogP contribution >= 0.6 is 18.5 Å². The van der Waals surface area contributed by atoms with Gasteiger partial charge in [0.2, 0.25) is 5.95 Å². The number of aromatic nitrogens is 2. The number of thiophene rings is 1. The number of piperazine rings is 1. The van der Waals surface area contributed by atoms with Crippen LogP contribution in [0.2, 0.25) is 0 Å². The minimum Gasteiger partial charge on any atom is -0.494 e. The maximum Gasteiger partial charge on any atom is 0.229 e. The molecular weight excluding hydrogens is 613 g/mol. The minimum atomic E-state index is -2.69. The van der Waals surface area contributed by atoms with Gasteiger partial charge in [0.1, 0.15) is 12.9 Å². The zero-order chi connectivity index (χ0) is 32.4. The zero-order valence-electron chi connectivity index (χ0n) is 28.0. The van der Waals surface area contributed by atoms with Crippen LogP contribution in [-0.4, -0.2) is 90.6 Å². The third-order valence-electron chi connectivity index (χ3n) is 9.69. The van der Waals surface area contributed by atoms with Gasteiger partial charge >= 0.3 is 0 Å². The first-order valence-corrected chi connectivity index (χ1v) is 19.2. The predicted octanol–water partition coefficient (Wildman–Crippen LogP) is 7.21. The predicted molar refractivity (Wildman–Crippen MR) is 195 cm³/mol. The van der Waals surface area contributed by atoms with Crippen LogP contribution in [0.25, 0.3) is 10.2 Å². The average Bonchev–Trinajstić information content (AvgIpc) is 3.54. The van der Waals surface area contributed by atoms with Crippen LogP contribution in [-0.2, 0) is 4.57 Å². The second-order valence-corrected chi connectivity index (χ2v) is 18.0. The van der Waals surface area contributed by atoms with Crippen LogP contribution in [0.3, 0.4) is 0 Å². The third-order valence-corrected chi connectivity index (χ3v) is 14.8. The summed E-state index contributed by atoms with van der Waals surface area (Å²) in [4.78, 5) is 17.3. The number of likely N-dealkylation sites (N-methyl/N-ethyl adjacent to an activating group) is 1. The van der Waals surface area contributed by atoms with Crippen molar-refractivity contribution in [2.45, 2.75) is 57.9 Å². The van der Waals surface area contributed by atoms with Crippen LogP contribution in [0.5, 0.6) is 5.75 Å². The van der Waals surface area contributed by atoms with Crippen molar-refractivity contribution in [1.29, 1.82) is 0 Å². The van der Waals surface area contributed by atoms with Crippen LogP contribution in [0.15, 0.2) is 53.9 Å². The number of nitrogens with zero attached hydrogens (tertiary/aromatic N) is 5. The molecule has 0 aliphatic carbocycles. The van der Waals surface area contributed by atoms with E-state index in [9.17, 15) is 4.57 Å². The number of fused-ring (bicyclic) bond motifs is 1. The average molecular weight is 662 g/mol. The van der Waals surface area contributed by atoms with E-state index >= 15 is 0 Å². The Kier molecular flexibility index (Phi) is 9.90. The van der Waals surface area contributed by atoms with Gasteiger partial charge in [0.05, 0.1) is 28.7 Å². The Balaban J connectivity index is 1.22. The fourth-order valence-corrected chi connectivity index (χ4v) is 10.9. The number of nitrogens with one attached hydrogen (secondary N) is 2. The molecule has 0 unspecified atom stereocenters. The van der Waals surface area contributed by atoms with Crippen molar-refractivity contribution < 1.29 is 9.30 Å². The van der Waals surface area contributed by atoms with E-state index in [0.29, 0.717) is 17.8 Å². The molecule has 0 bridgehead atoms.